The molecular weight excluding hydrogens is 221 g/mol. The predicted octanol–water partition coefficient (Wildman–Crippen LogP) is 1.92. The topological polar surface area (TPSA) is 49.0 Å². The third-order valence-corrected chi connectivity index (χ3v) is 2.41. The number of amides is 1. The van der Waals surface area contributed by atoms with Gasteiger partial charge in [-0.2, -0.15) is 5.10 Å². The number of rotatable bonds is 2. The van der Waals surface area contributed by atoms with Crippen LogP contribution in [0.25, 0.3) is 11.3 Å². The summed E-state index contributed by atoms with van der Waals surface area (Å²) in [4.78, 5) is 13.3. The molecule has 0 radical (unpaired) electrons. The summed E-state index contributed by atoms with van der Waals surface area (Å²) in [6.07, 6.45) is 1.47. The number of carbonyl (C=O) groups is 1. The van der Waals surface area contributed by atoms with E-state index in [1.807, 2.05) is 0 Å². The summed E-state index contributed by atoms with van der Waals surface area (Å²) in [5, 5.41) is 6.62. The Balaban J connectivity index is 2.43. The average molecular weight is 233 g/mol. The molecule has 1 aromatic heterocycles. The van der Waals surface area contributed by atoms with Crippen LogP contribution in [0.15, 0.2) is 30.5 Å². The van der Waals surface area contributed by atoms with Gasteiger partial charge in [0.2, 0.25) is 0 Å². The highest BCUT2D eigenvalue weighted by atomic mass is 19.1. The molecule has 1 N–H and O–H groups in total. The first kappa shape index (κ1) is 11.3. The van der Waals surface area contributed by atoms with E-state index in [0.717, 1.165) is 5.56 Å². The van der Waals surface area contributed by atoms with Crippen LogP contribution in [0.3, 0.4) is 0 Å². The van der Waals surface area contributed by atoms with Gasteiger partial charge in [-0.25, -0.2) is 4.39 Å². The highest BCUT2D eigenvalue weighted by molar-refractivity contribution is 5.99. The van der Waals surface area contributed by atoms with Crippen molar-refractivity contribution in [1.82, 2.24) is 15.1 Å². The summed E-state index contributed by atoms with van der Waals surface area (Å²) in [5.74, 6) is -0.452. The molecule has 0 bridgehead atoms. The third kappa shape index (κ3) is 2.18. The van der Waals surface area contributed by atoms with Gasteiger partial charge in [-0.3, -0.25) is 9.89 Å². The zero-order valence-corrected chi connectivity index (χ0v) is 9.57. The van der Waals surface area contributed by atoms with Gasteiger partial charge in [0.05, 0.1) is 17.5 Å². The molecule has 0 spiro atoms. The first-order chi connectivity index (χ1) is 8.09. The Morgan fingerprint density at radius 2 is 1.94 bits per heavy atom. The Hall–Kier alpha value is -2.17. The second-order valence-corrected chi connectivity index (χ2v) is 3.87. The van der Waals surface area contributed by atoms with Crippen molar-refractivity contribution < 1.29 is 9.18 Å². The van der Waals surface area contributed by atoms with Crippen LogP contribution in [-0.4, -0.2) is 35.1 Å². The Kier molecular flexibility index (Phi) is 2.91. The summed E-state index contributed by atoms with van der Waals surface area (Å²) in [6, 6.07) is 5.91. The van der Waals surface area contributed by atoms with Crippen LogP contribution in [0.5, 0.6) is 0 Å². The highest BCUT2D eigenvalue weighted by Crippen LogP contribution is 2.21. The molecule has 0 aliphatic heterocycles. The zero-order valence-electron chi connectivity index (χ0n) is 9.57. The Morgan fingerprint density at radius 3 is 2.53 bits per heavy atom. The monoisotopic (exact) mass is 233 g/mol. The van der Waals surface area contributed by atoms with Crippen LogP contribution in [0, 0.1) is 5.82 Å². The van der Waals surface area contributed by atoms with Crippen molar-refractivity contribution in [2.45, 2.75) is 0 Å². The third-order valence-electron chi connectivity index (χ3n) is 2.41. The van der Waals surface area contributed by atoms with Crippen molar-refractivity contribution in [3.8, 4) is 11.3 Å². The molecule has 2 aromatic rings. The molecule has 0 aliphatic rings. The molecule has 5 heteroatoms. The largest absolute Gasteiger partial charge is 0.345 e. The maximum Gasteiger partial charge on any atom is 0.257 e. The van der Waals surface area contributed by atoms with Gasteiger partial charge in [0, 0.05) is 19.7 Å². The van der Waals surface area contributed by atoms with Crippen molar-refractivity contribution >= 4 is 5.91 Å². The van der Waals surface area contributed by atoms with Crippen molar-refractivity contribution in [3.63, 3.8) is 0 Å². The van der Waals surface area contributed by atoms with Gasteiger partial charge < -0.3 is 4.90 Å². The van der Waals surface area contributed by atoms with Gasteiger partial charge in [-0.15, -0.1) is 0 Å². The minimum Gasteiger partial charge on any atom is -0.345 e. The molecule has 0 saturated carbocycles. The summed E-state index contributed by atoms with van der Waals surface area (Å²) < 4.78 is 12.8. The number of aromatic amines is 1. The normalized spacial score (nSPS) is 10.3. The van der Waals surface area contributed by atoms with Crippen molar-refractivity contribution in [2.75, 3.05) is 14.1 Å². The molecule has 88 valence electrons. The van der Waals surface area contributed by atoms with Crippen molar-refractivity contribution in [1.29, 1.82) is 0 Å². The molecular formula is C12H12FN3O. The minimum absolute atomic E-state index is 0.141. The van der Waals surface area contributed by atoms with E-state index in [4.69, 9.17) is 0 Å². The van der Waals surface area contributed by atoms with Crippen LogP contribution in [0.2, 0.25) is 0 Å². The summed E-state index contributed by atoms with van der Waals surface area (Å²) in [6.45, 7) is 0. The Morgan fingerprint density at radius 1 is 1.29 bits per heavy atom. The van der Waals surface area contributed by atoms with E-state index in [9.17, 15) is 9.18 Å². The van der Waals surface area contributed by atoms with E-state index in [-0.39, 0.29) is 11.7 Å². The van der Waals surface area contributed by atoms with E-state index in [1.54, 1.807) is 26.2 Å². The van der Waals surface area contributed by atoms with Gasteiger partial charge >= 0.3 is 0 Å². The van der Waals surface area contributed by atoms with Gasteiger partial charge in [0.1, 0.15) is 5.82 Å². The van der Waals surface area contributed by atoms with E-state index in [0.29, 0.717) is 11.3 Å². The molecule has 0 aliphatic carbocycles. The fourth-order valence-electron chi connectivity index (χ4n) is 1.53. The Bertz CT molecular complexity index is 531. The molecule has 1 heterocycles. The number of hydrogen-bond donors (Lipinski definition) is 1. The lowest BCUT2D eigenvalue weighted by Gasteiger charge is -2.10. The molecule has 4 nitrogen and oxygen atoms in total. The summed E-state index contributed by atoms with van der Waals surface area (Å²) in [5.41, 5.74) is 1.81. The van der Waals surface area contributed by atoms with E-state index in [1.165, 1.54) is 23.2 Å². The number of aromatic nitrogens is 2. The van der Waals surface area contributed by atoms with Gasteiger partial charge in [-0.1, -0.05) is 0 Å². The predicted molar refractivity (Wildman–Crippen MR) is 62.0 cm³/mol. The minimum atomic E-state index is -0.311. The summed E-state index contributed by atoms with van der Waals surface area (Å²) >= 11 is 0. The van der Waals surface area contributed by atoms with Crippen molar-refractivity contribution in [3.05, 3.63) is 41.8 Å². The fourth-order valence-corrected chi connectivity index (χ4v) is 1.53. The number of halogens is 1. The molecule has 1 amide bonds. The highest BCUT2D eigenvalue weighted by Gasteiger charge is 2.16. The molecule has 2 rings (SSSR count). The molecule has 0 fully saturated rings. The Labute approximate surface area is 98.1 Å². The summed E-state index contributed by atoms with van der Waals surface area (Å²) in [7, 11) is 3.34. The lowest BCUT2D eigenvalue weighted by molar-refractivity contribution is 0.0828. The molecule has 17 heavy (non-hydrogen) atoms. The standard InChI is InChI=1S/C12H12FN3O/c1-16(2)12(17)10-7-14-15-11(10)8-3-5-9(13)6-4-8/h3-7H,1-2H3,(H,14,15). The SMILES string of the molecule is CN(C)C(=O)c1cn[nH]c1-c1ccc(F)cc1. The van der Waals surface area contributed by atoms with Crippen LogP contribution < -0.4 is 0 Å². The van der Waals surface area contributed by atoms with Crippen LogP contribution in [0.4, 0.5) is 4.39 Å². The number of nitrogens with one attached hydrogen (secondary N) is 1. The number of hydrogen-bond acceptors (Lipinski definition) is 2. The number of carbonyl (C=O) groups excluding carboxylic acids is 1. The average Bonchev–Trinajstić information content (AvgIpc) is 2.77. The van der Waals surface area contributed by atoms with E-state index >= 15 is 0 Å². The van der Waals surface area contributed by atoms with Gasteiger partial charge in [-0.05, 0) is 24.3 Å². The first-order valence-electron chi connectivity index (χ1n) is 5.10. The molecule has 1 aromatic carbocycles. The second kappa shape index (κ2) is 4.37. The molecule has 0 atom stereocenters. The van der Waals surface area contributed by atoms with E-state index < -0.39 is 0 Å². The number of H-pyrrole nitrogens is 1. The van der Waals surface area contributed by atoms with Crippen LogP contribution in [-0.2, 0) is 0 Å². The van der Waals surface area contributed by atoms with E-state index in [2.05, 4.69) is 10.2 Å². The number of nitrogens with zero attached hydrogens (tertiary/aromatic N) is 2. The van der Waals surface area contributed by atoms with Gasteiger partial charge in [0.15, 0.2) is 0 Å². The first-order valence-corrected chi connectivity index (χ1v) is 5.10. The molecule has 0 unspecified atom stereocenters. The fraction of sp³-hybridized carbons (Fsp3) is 0.167. The second-order valence-electron chi connectivity index (χ2n) is 3.87. The van der Waals surface area contributed by atoms with Crippen LogP contribution >= 0.6 is 0 Å². The maximum absolute atomic E-state index is 12.8. The smallest absolute Gasteiger partial charge is 0.257 e. The maximum atomic E-state index is 12.8. The zero-order chi connectivity index (χ0) is 12.4. The lowest BCUT2D eigenvalue weighted by atomic mass is 10.1. The van der Waals surface area contributed by atoms with Crippen molar-refractivity contribution in [2.24, 2.45) is 0 Å². The van der Waals surface area contributed by atoms with Crippen LogP contribution in [0.1, 0.15) is 10.4 Å². The van der Waals surface area contributed by atoms with Gasteiger partial charge in [0.25, 0.3) is 5.91 Å². The molecule has 0 saturated heterocycles. The quantitative estimate of drug-likeness (QED) is 0.861. The lowest BCUT2D eigenvalue weighted by Crippen LogP contribution is -2.21. The number of benzene rings is 1.